The lowest BCUT2D eigenvalue weighted by Crippen LogP contribution is -2.60. The maximum Gasteiger partial charge on any atom is 0.408 e. The van der Waals surface area contributed by atoms with Crippen LogP contribution in [0.15, 0.2) is 64.4 Å². The topological polar surface area (TPSA) is 109 Å². The third-order valence-electron chi connectivity index (χ3n) is 6.56. The van der Waals surface area contributed by atoms with E-state index in [2.05, 4.69) is 0 Å². The van der Waals surface area contributed by atoms with Gasteiger partial charge in [-0.3, -0.25) is 29.4 Å². The Kier molecular flexibility index (Phi) is 5.89. The monoisotopic (exact) mass is 532 g/mol. The lowest BCUT2D eigenvalue weighted by molar-refractivity contribution is -0.384. The summed E-state index contributed by atoms with van der Waals surface area (Å²) in [7, 11) is 0. The number of hydrogen-bond donors (Lipinski definition) is 1. The fraction of sp³-hybridized carbons (Fsp3) is 0.250. The number of benzene rings is 2. The van der Waals surface area contributed by atoms with Crippen molar-refractivity contribution < 1.29 is 28.0 Å². The van der Waals surface area contributed by atoms with Gasteiger partial charge in [-0.15, -0.1) is 11.8 Å². The molecule has 0 radical (unpaired) electrons. The molecule has 0 saturated carbocycles. The minimum Gasteiger partial charge on any atom is -0.502 e. The predicted molar refractivity (Wildman–Crippen MR) is 128 cm³/mol. The number of aromatic nitrogens is 1. The number of hydrogen-bond acceptors (Lipinski definition) is 7. The predicted octanol–water partition coefficient (Wildman–Crippen LogP) is 4.16. The SMILES string of the molecule is CC(N1CN([C@H]2c3ccc([N+](=O)[O-])cc3CSc3ccccc32)n2ccc(=O)c(O)c2C1=O)C(F)(F)F. The highest BCUT2D eigenvalue weighted by molar-refractivity contribution is 7.98. The Bertz CT molecular complexity index is 1490. The first-order valence-corrected chi connectivity index (χ1v) is 12.1. The van der Waals surface area contributed by atoms with Crippen molar-refractivity contribution in [3.63, 3.8) is 0 Å². The van der Waals surface area contributed by atoms with Crippen molar-refractivity contribution in [1.82, 2.24) is 9.58 Å². The Morgan fingerprint density at radius 3 is 2.57 bits per heavy atom. The number of amides is 1. The third-order valence-corrected chi connectivity index (χ3v) is 7.70. The van der Waals surface area contributed by atoms with E-state index in [4.69, 9.17) is 0 Å². The number of alkyl halides is 3. The molecule has 3 aromatic rings. The lowest BCUT2D eigenvalue weighted by Gasteiger charge is -2.46. The largest absolute Gasteiger partial charge is 0.502 e. The highest BCUT2D eigenvalue weighted by Crippen LogP contribution is 2.44. The van der Waals surface area contributed by atoms with Crippen LogP contribution in [0.3, 0.4) is 0 Å². The standard InChI is InChI=1S/C24H19F3N4O5S/c1-13(24(25,26)27)28-12-30(29-9-8-18(32)22(33)21(29)23(28)34)20-16-7-6-15(31(35)36)10-14(16)11-37-19-5-3-2-4-17(19)20/h2-10,13,20,33H,11-12H2,1H3/t13?,20-/m0/s1. The smallest absolute Gasteiger partial charge is 0.408 e. The molecule has 9 nitrogen and oxygen atoms in total. The van der Waals surface area contributed by atoms with Gasteiger partial charge < -0.3 is 10.0 Å². The number of aromatic hydroxyl groups is 1. The third kappa shape index (κ3) is 4.08. The highest BCUT2D eigenvalue weighted by Gasteiger charge is 2.47. The molecule has 5 rings (SSSR count). The maximum atomic E-state index is 13.8. The van der Waals surface area contributed by atoms with Gasteiger partial charge in [-0.1, -0.05) is 18.2 Å². The Labute approximate surface area is 211 Å². The number of nitrogens with zero attached hydrogens (tertiary/aromatic N) is 4. The second-order valence-corrected chi connectivity index (χ2v) is 9.68. The normalized spacial score (nSPS) is 17.9. The number of nitro benzene ring substituents is 1. The minimum atomic E-state index is -4.77. The van der Waals surface area contributed by atoms with Crippen LogP contribution in [0.5, 0.6) is 5.75 Å². The van der Waals surface area contributed by atoms with E-state index in [1.165, 1.54) is 39.8 Å². The number of halogens is 3. The molecule has 2 aliphatic heterocycles. The summed E-state index contributed by atoms with van der Waals surface area (Å²) >= 11 is 1.42. The summed E-state index contributed by atoms with van der Waals surface area (Å²) in [6.07, 6.45) is -3.54. The maximum absolute atomic E-state index is 13.8. The van der Waals surface area contributed by atoms with E-state index in [-0.39, 0.29) is 5.69 Å². The van der Waals surface area contributed by atoms with Crippen LogP contribution in [0.25, 0.3) is 0 Å². The number of carbonyl (C=O) groups is 1. The van der Waals surface area contributed by atoms with E-state index in [0.29, 0.717) is 27.3 Å². The Morgan fingerprint density at radius 1 is 1.14 bits per heavy atom. The van der Waals surface area contributed by atoms with Crippen molar-refractivity contribution in [1.29, 1.82) is 0 Å². The molecule has 2 aliphatic rings. The van der Waals surface area contributed by atoms with Gasteiger partial charge >= 0.3 is 6.18 Å². The van der Waals surface area contributed by atoms with E-state index < -0.39 is 52.6 Å². The molecule has 1 unspecified atom stereocenters. The summed E-state index contributed by atoms with van der Waals surface area (Å²) in [4.78, 5) is 37.6. The summed E-state index contributed by atoms with van der Waals surface area (Å²) in [6, 6.07) is 9.48. The summed E-state index contributed by atoms with van der Waals surface area (Å²) < 4.78 is 42.5. The molecule has 0 saturated heterocycles. The summed E-state index contributed by atoms with van der Waals surface area (Å²) in [5.41, 5.74) is 0.243. The number of nitro groups is 1. The van der Waals surface area contributed by atoms with Crippen molar-refractivity contribution in [2.24, 2.45) is 0 Å². The molecule has 0 aliphatic carbocycles. The summed E-state index contributed by atoms with van der Waals surface area (Å²) in [6.45, 7) is 0.299. The Morgan fingerprint density at radius 2 is 1.86 bits per heavy atom. The van der Waals surface area contributed by atoms with Crippen LogP contribution in [-0.4, -0.2) is 44.4 Å². The molecule has 37 heavy (non-hydrogen) atoms. The fourth-order valence-corrected chi connectivity index (χ4v) is 5.70. The molecule has 1 aromatic heterocycles. The molecule has 2 aromatic carbocycles. The lowest BCUT2D eigenvalue weighted by atomic mass is 9.94. The van der Waals surface area contributed by atoms with Gasteiger partial charge in [0.2, 0.25) is 5.43 Å². The van der Waals surface area contributed by atoms with E-state index in [9.17, 15) is 38.0 Å². The average molecular weight is 533 g/mol. The number of non-ortho nitro benzene ring substituents is 1. The first-order valence-electron chi connectivity index (χ1n) is 11.1. The van der Waals surface area contributed by atoms with E-state index in [1.54, 1.807) is 24.3 Å². The van der Waals surface area contributed by atoms with Crippen molar-refractivity contribution in [3.05, 3.63) is 97.4 Å². The van der Waals surface area contributed by atoms with Crippen LogP contribution in [0.2, 0.25) is 0 Å². The summed E-state index contributed by atoms with van der Waals surface area (Å²) in [5, 5.41) is 23.4. The van der Waals surface area contributed by atoms with Gasteiger partial charge in [0.25, 0.3) is 11.6 Å². The van der Waals surface area contributed by atoms with Crippen molar-refractivity contribution >= 4 is 23.4 Å². The van der Waals surface area contributed by atoms with Crippen molar-refractivity contribution in [2.45, 2.75) is 35.8 Å². The number of pyridine rings is 1. The number of carbonyl (C=O) groups excluding carboxylic acids is 1. The zero-order valence-corrected chi connectivity index (χ0v) is 20.0. The van der Waals surface area contributed by atoms with Crippen LogP contribution in [0, 0.1) is 10.1 Å². The van der Waals surface area contributed by atoms with Gasteiger partial charge in [0.15, 0.2) is 11.4 Å². The molecule has 0 spiro atoms. The molecule has 3 heterocycles. The fourth-order valence-electron chi connectivity index (χ4n) is 4.62. The number of fused-ring (bicyclic) bond motifs is 3. The van der Waals surface area contributed by atoms with Crippen LogP contribution in [0.4, 0.5) is 18.9 Å². The second kappa shape index (κ2) is 8.83. The van der Waals surface area contributed by atoms with Gasteiger partial charge in [0.05, 0.1) is 11.0 Å². The molecule has 0 fully saturated rings. The van der Waals surface area contributed by atoms with E-state index in [1.807, 2.05) is 6.07 Å². The first-order chi connectivity index (χ1) is 17.5. The molecule has 0 bridgehead atoms. The minimum absolute atomic E-state index is 0.133. The molecular weight excluding hydrogens is 513 g/mol. The quantitative estimate of drug-likeness (QED) is 0.399. The zero-order chi connectivity index (χ0) is 26.6. The van der Waals surface area contributed by atoms with Crippen LogP contribution in [0.1, 0.15) is 40.1 Å². The summed E-state index contributed by atoms with van der Waals surface area (Å²) in [5.74, 6) is -1.74. The molecule has 192 valence electrons. The molecular formula is C24H19F3N4O5S. The number of thioether (sulfide) groups is 1. The molecule has 1 N–H and O–H groups in total. The number of rotatable bonds is 3. The highest BCUT2D eigenvalue weighted by atomic mass is 32.2. The second-order valence-electron chi connectivity index (χ2n) is 8.66. The van der Waals surface area contributed by atoms with Gasteiger partial charge in [-0.05, 0) is 35.7 Å². The Hall–Kier alpha value is -4.00. The molecule has 1 amide bonds. The molecule has 13 heteroatoms. The average Bonchev–Trinajstić information content (AvgIpc) is 3.02. The van der Waals surface area contributed by atoms with E-state index in [0.717, 1.165) is 17.9 Å². The van der Waals surface area contributed by atoms with E-state index >= 15 is 0 Å². The van der Waals surface area contributed by atoms with Gasteiger partial charge in [-0.2, -0.15) is 13.2 Å². The van der Waals surface area contributed by atoms with Crippen LogP contribution >= 0.6 is 11.8 Å². The van der Waals surface area contributed by atoms with Crippen molar-refractivity contribution in [2.75, 3.05) is 11.7 Å². The van der Waals surface area contributed by atoms with Crippen molar-refractivity contribution in [3.8, 4) is 5.75 Å². The molecule has 2 atom stereocenters. The van der Waals surface area contributed by atoms with Gasteiger partial charge in [0.1, 0.15) is 12.7 Å². The van der Waals surface area contributed by atoms with Gasteiger partial charge in [-0.25, -0.2) is 0 Å². The van der Waals surface area contributed by atoms with Crippen LogP contribution in [-0.2, 0) is 5.75 Å². The first kappa shape index (κ1) is 24.7. The van der Waals surface area contributed by atoms with Crippen LogP contribution < -0.4 is 10.4 Å². The van der Waals surface area contributed by atoms with Gasteiger partial charge in [0, 0.05) is 35.0 Å². The Balaban J connectivity index is 1.78. The zero-order valence-electron chi connectivity index (χ0n) is 19.2.